The molecule has 0 unspecified atom stereocenters. The Kier molecular flexibility index (Phi) is 12.7. The molecule has 2 aromatic carbocycles. The number of nitrogens with zero attached hydrogens (tertiary/aromatic N) is 1. The molecule has 0 atom stereocenters. The molecule has 0 radical (unpaired) electrons. The Labute approximate surface area is 210 Å². The molecule has 2 aromatic rings. The van der Waals surface area contributed by atoms with Crippen LogP contribution < -0.4 is 24.1 Å². The lowest BCUT2D eigenvalue weighted by Crippen LogP contribution is -2.37. The van der Waals surface area contributed by atoms with Crippen LogP contribution in [0, 0.1) is 5.92 Å². The van der Waals surface area contributed by atoms with Gasteiger partial charge in [-0.25, -0.2) is 13.6 Å². The van der Waals surface area contributed by atoms with Crippen LogP contribution in [0.25, 0.3) is 0 Å². The van der Waals surface area contributed by atoms with Gasteiger partial charge in [0.2, 0.25) is 0 Å². The van der Waals surface area contributed by atoms with Crippen molar-refractivity contribution in [2.75, 3.05) is 61.3 Å². The van der Waals surface area contributed by atoms with Gasteiger partial charge in [-0.15, -0.1) is 0 Å². The van der Waals surface area contributed by atoms with Crippen molar-refractivity contribution in [1.82, 2.24) is 4.90 Å². The van der Waals surface area contributed by atoms with Gasteiger partial charge in [0.15, 0.2) is 10.9 Å². The topological polar surface area (TPSA) is 110 Å². The highest BCUT2D eigenvalue weighted by molar-refractivity contribution is 7.69. The van der Waals surface area contributed by atoms with Gasteiger partial charge in [0, 0.05) is 25.2 Å². The average Bonchev–Trinajstić information content (AvgIpc) is 2.87. The van der Waals surface area contributed by atoms with Crippen LogP contribution in [-0.4, -0.2) is 74.6 Å². The maximum absolute atomic E-state index is 8.81. The van der Waals surface area contributed by atoms with Gasteiger partial charge in [-0.1, -0.05) is 12.1 Å². The summed E-state index contributed by atoms with van der Waals surface area (Å²) in [7, 11) is 4.16. The van der Waals surface area contributed by atoms with Crippen molar-refractivity contribution in [3.8, 4) is 23.0 Å². The third-order valence-electron chi connectivity index (χ3n) is 5.96. The lowest BCUT2D eigenvalue weighted by atomic mass is 9.89. The van der Waals surface area contributed by atoms with Crippen LogP contribution >= 0.6 is 0 Å². The highest BCUT2D eigenvalue weighted by atomic mass is 32.2. The van der Waals surface area contributed by atoms with Gasteiger partial charge in [-0.2, -0.15) is 0 Å². The fourth-order valence-corrected chi connectivity index (χ4v) is 4.13. The first-order valence-corrected chi connectivity index (χ1v) is 12.8. The summed E-state index contributed by atoms with van der Waals surface area (Å²) in [5.41, 5.74) is 2.39. The summed E-state index contributed by atoms with van der Waals surface area (Å²) in [6.07, 6.45) is 2.93. The van der Waals surface area contributed by atoms with Crippen LogP contribution in [0.2, 0.25) is 0 Å². The number of rotatable bonds is 11. The number of hydrogen-bond acceptors (Lipinski definition) is 8. The van der Waals surface area contributed by atoms with E-state index in [9.17, 15) is 0 Å². The molecule has 0 amide bonds. The van der Waals surface area contributed by atoms with Gasteiger partial charge in [-0.05, 0) is 55.0 Å². The Morgan fingerprint density at radius 3 is 1.71 bits per heavy atom. The van der Waals surface area contributed by atoms with E-state index in [0.29, 0.717) is 5.92 Å². The molecule has 1 heterocycles. The fraction of sp³-hybridized carbons (Fsp3) is 0.520. The number of nitrogens with two attached hydrogens (primary N) is 1. The third-order valence-corrected chi connectivity index (χ3v) is 5.96. The van der Waals surface area contributed by atoms with E-state index in [1.807, 2.05) is 24.3 Å². The second-order valence-corrected chi connectivity index (χ2v) is 8.73. The standard InChI is InChI=1S/C25H35NO5.H3NO2S/c1-27-22-7-5-20(24(17-22)29-3)15-19(9-10-26-11-13-31-14-12-26)16-21-6-8-23(28-2)18-25(21)30-4;1-4(2)3/h5-8,17-19H,9-16H2,1-4H3;4H,(H2,1,2,3). The van der Waals surface area contributed by atoms with Crippen LogP contribution in [-0.2, 0) is 28.5 Å². The van der Waals surface area contributed by atoms with E-state index in [-0.39, 0.29) is 0 Å². The first-order valence-electron chi connectivity index (χ1n) is 11.5. The molecule has 3 rings (SSSR count). The Morgan fingerprint density at radius 2 is 1.31 bits per heavy atom. The molecule has 0 spiro atoms. The summed E-state index contributed by atoms with van der Waals surface area (Å²) in [5, 5.41) is 4.06. The van der Waals surface area contributed by atoms with Crippen LogP contribution in [0.15, 0.2) is 36.4 Å². The van der Waals surface area contributed by atoms with Crippen molar-refractivity contribution in [2.45, 2.75) is 19.3 Å². The van der Waals surface area contributed by atoms with E-state index >= 15 is 0 Å². The second-order valence-electron chi connectivity index (χ2n) is 8.16. The number of methoxy groups -OCH3 is 4. The van der Waals surface area contributed by atoms with Gasteiger partial charge >= 0.3 is 0 Å². The number of morpholine rings is 1. The number of thiol groups is 1. The maximum atomic E-state index is 8.81. The van der Waals surface area contributed by atoms with Crippen LogP contribution in [0.4, 0.5) is 0 Å². The SMILES string of the molecule is COc1ccc(CC(CCN2CCOCC2)Cc2ccc(OC)cc2OC)c(OC)c1.N[SH](=O)=O. The van der Waals surface area contributed by atoms with Gasteiger partial charge in [0.05, 0.1) is 41.7 Å². The molecule has 10 heteroatoms. The van der Waals surface area contributed by atoms with Crippen LogP contribution in [0.3, 0.4) is 0 Å². The lowest BCUT2D eigenvalue weighted by Gasteiger charge is -2.29. The van der Waals surface area contributed by atoms with Gasteiger partial charge in [-0.3, -0.25) is 4.90 Å². The van der Waals surface area contributed by atoms with Gasteiger partial charge in [0.25, 0.3) is 0 Å². The minimum absolute atomic E-state index is 0.437. The molecule has 2 N–H and O–H groups in total. The molecule has 196 valence electrons. The first kappa shape index (κ1) is 28.7. The van der Waals surface area contributed by atoms with Crippen molar-refractivity contribution >= 4 is 10.9 Å². The molecular weight excluding hydrogens is 472 g/mol. The summed E-state index contributed by atoms with van der Waals surface area (Å²) in [4.78, 5) is 2.49. The summed E-state index contributed by atoms with van der Waals surface area (Å²) < 4.78 is 45.2. The molecule has 35 heavy (non-hydrogen) atoms. The quantitative estimate of drug-likeness (QED) is 0.444. The normalized spacial score (nSPS) is 13.8. The molecule has 1 aliphatic heterocycles. The largest absolute Gasteiger partial charge is 0.497 e. The van der Waals surface area contributed by atoms with Crippen molar-refractivity contribution in [3.05, 3.63) is 47.5 Å². The van der Waals surface area contributed by atoms with Gasteiger partial charge in [0.1, 0.15) is 23.0 Å². The summed E-state index contributed by atoms with van der Waals surface area (Å²) in [6, 6.07) is 12.2. The van der Waals surface area contributed by atoms with Crippen molar-refractivity contribution in [1.29, 1.82) is 0 Å². The highest BCUT2D eigenvalue weighted by Gasteiger charge is 2.19. The zero-order valence-electron chi connectivity index (χ0n) is 21.0. The van der Waals surface area contributed by atoms with Crippen molar-refractivity contribution < 1.29 is 32.1 Å². The van der Waals surface area contributed by atoms with Crippen LogP contribution in [0.1, 0.15) is 17.5 Å². The minimum atomic E-state index is -2.62. The smallest absolute Gasteiger partial charge is 0.198 e. The summed E-state index contributed by atoms with van der Waals surface area (Å²) in [6.45, 7) is 4.71. The molecule has 9 nitrogen and oxygen atoms in total. The molecule has 0 bridgehead atoms. The minimum Gasteiger partial charge on any atom is -0.497 e. The highest BCUT2D eigenvalue weighted by Crippen LogP contribution is 2.32. The van der Waals surface area contributed by atoms with Crippen molar-refractivity contribution in [2.24, 2.45) is 11.1 Å². The Hall–Kier alpha value is -2.53. The van der Waals surface area contributed by atoms with E-state index in [1.54, 1.807) is 28.4 Å². The zero-order valence-corrected chi connectivity index (χ0v) is 21.9. The molecule has 0 aliphatic carbocycles. The number of benzene rings is 2. The van der Waals surface area contributed by atoms with Crippen LogP contribution in [0.5, 0.6) is 23.0 Å². The van der Waals surface area contributed by atoms with E-state index in [2.05, 4.69) is 22.2 Å². The summed E-state index contributed by atoms with van der Waals surface area (Å²) >= 11 is 0. The van der Waals surface area contributed by atoms with E-state index in [4.69, 9.17) is 32.1 Å². The molecular formula is C25H38N2O7S. The predicted molar refractivity (Wildman–Crippen MR) is 136 cm³/mol. The molecule has 1 saturated heterocycles. The second kappa shape index (κ2) is 15.5. The Balaban J connectivity index is 0.00000100. The lowest BCUT2D eigenvalue weighted by molar-refractivity contribution is 0.0353. The van der Waals surface area contributed by atoms with Crippen molar-refractivity contribution in [3.63, 3.8) is 0 Å². The van der Waals surface area contributed by atoms with E-state index in [1.165, 1.54) is 11.1 Å². The number of hydrogen-bond donors (Lipinski definition) is 2. The zero-order chi connectivity index (χ0) is 25.6. The summed E-state index contributed by atoms with van der Waals surface area (Å²) in [5.74, 6) is 3.80. The molecule has 0 saturated carbocycles. The first-order chi connectivity index (χ1) is 16.9. The average molecular weight is 511 g/mol. The van der Waals surface area contributed by atoms with E-state index in [0.717, 1.165) is 75.1 Å². The molecule has 1 aliphatic rings. The maximum Gasteiger partial charge on any atom is 0.198 e. The fourth-order valence-electron chi connectivity index (χ4n) is 4.13. The van der Waals surface area contributed by atoms with Gasteiger partial charge < -0.3 is 23.7 Å². The third kappa shape index (κ3) is 9.93. The predicted octanol–water partition coefficient (Wildman–Crippen LogP) is 2.32. The monoisotopic (exact) mass is 510 g/mol. The Bertz CT molecular complexity index is 913. The van der Waals surface area contributed by atoms with E-state index < -0.39 is 10.9 Å². The molecule has 1 fully saturated rings. The Morgan fingerprint density at radius 1 is 0.857 bits per heavy atom. The molecule has 0 aromatic heterocycles. The number of ether oxygens (including phenoxy) is 5.